The van der Waals surface area contributed by atoms with Gasteiger partial charge in [-0.15, -0.1) is 0 Å². The molecule has 0 aliphatic carbocycles. The van der Waals surface area contributed by atoms with E-state index in [1.54, 1.807) is 0 Å². The zero-order chi connectivity index (χ0) is 16.1. The van der Waals surface area contributed by atoms with Gasteiger partial charge >= 0.3 is 0 Å². The monoisotopic (exact) mass is 315 g/mol. The molecule has 126 valence electrons. The lowest BCUT2D eigenvalue weighted by Gasteiger charge is -2.27. The minimum Gasteiger partial charge on any atom is -0.326 e. The van der Waals surface area contributed by atoms with E-state index in [9.17, 15) is 4.79 Å². The highest BCUT2D eigenvalue weighted by Gasteiger charge is 2.24. The third-order valence-corrected chi connectivity index (χ3v) is 5.10. The third kappa shape index (κ3) is 4.79. The van der Waals surface area contributed by atoms with Gasteiger partial charge < -0.3 is 15.5 Å². The fraction of sp³-hybridized carbons (Fsp3) is 0.632. The molecule has 2 atom stereocenters. The molecule has 0 bridgehead atoms. The van der Waals surface area contributed by atoms with E-state index >= 15 is 0 Å². The van der Waals surface area contributed by atoms with Crippen LogP contribution in [-0.4, -0.2) is 43.0 Å². The number of carbonyl (C=O) groups is 1. The van der Waals surface area contributed by atoms with Crippen LogP contribution in [0.5, 0.6) is 0 Å². The van der Waals surface area contributed by atoms with E-state index in [1.165, 1.54) is 31.5 Å². The number of benzene rings is 1. The molecule has 2 saturated heterocycles. The number of hydrogen-bond acceptors (Lipinski definition) is 3. The lowest BCUT2D eigenvalue weighted by atomic mass is 9.92. The summed E-state index contributed by atoms with van der Waals surface area (Å²) in [6.07, 6.45) is 5.61. The second-order valence-electron chi connectivity index (χ2n) is 7.06. The molecule has 4 heteroatoms. The van der Waals surface area contributed by atoms with Crippen molar-refractivity contribution in [3.05, 3.63) is 29.8 Å². The smallest absolute Gasteiger partial charge is 0.227 e. The van der Waals surface area contributed by atoms with E-state index in [-0.39, 0.29) is 11.8 Å². The Morgan fingerprint density at radius 1 is 1.35 bits per heavy atom. The molecular formula is C19H29N3O. The molecule has 0 saturated carbocycles. The maximum absolute atomic E-state index is 12.4. The highest BCUT2D eigenvalue weighted by molar-refractivity contribution is 5.92. The van der Waals surface area contributed by atoms with E-state index in [0.717, 1.165) is 38.0 Å². The van der Waals surface area contributed by atoms with Gasteiger partial charge in [-0.2, -0.15) is 0 Å². The second kappa shape index (κ2) is 7.93. The highest BCUT2D eigenvalue weighted by atomic mass is 16.1. The van der Waals surface area contributed by atoms with Crippen LogP contribution in [0.4, 0.5) is 5.69 Å². The molecule has 1 aromatic rings. The Morgan fingerprint density at radius 3 is 2.96 bits per heavy atom. The minimum atomic E-state index is 0.138. The topological polar surface area (TPSA) is 44.4 Å². The van der Waals surface area contributed by atoms with Crippen LogP contribution in [0.2, 0.25) is 0 Å². The molecule has 1 amide bonds. The Hall–Kier alpha value is -1.39. The first-order valence-electron chi connectivity index (χ1n) is 9.06. The molecule has 0 radical (unpaired) electrons. The fourth-order valence-corrected chi connectivity index (χ4v) is 3.71. The first-order chi connectivity index (χ1) is 11.2. The van der Waals surface area contributed by atoms with Gasteiger partial charge in [0.25, 0.3) is 0 Å². The number of carbonyl (C=O) groups excluding carboxylic acids is 1. The van der Waals surface area contributed by atoms with E-state index in [4.69, 9.17) is 0 Å². The highest BCUT2D eigenvalue weighted by Crippen LogP contribution is 2.19. The van der Waals surface area contributed by atoms with Crippen LogP contribution < -0.4 is 10.6 Å². The van der Waals surface area contributed by atoms with Crippen LogP contribution in [0.25, 0.3) is 0 Å². The molecule has 2 fully saturated rings. The van der Waals surface area contributed by atoms with Gasteiger partial charge in [-0.3, -0.25) is 4.79 Å². The minimum absolute atomic E-state index is 0.138. The third-order valence-electron chi connectivity index (χ3n) is 5.10. The lowest BCUT2D eigenvalue weighted by molar-refractivity contribution is -0.120. The van der Waals surface area contributed by atoms with Crippen LogP contribution in [0, 0.1) is 5.92 Å². The van der Waals surface area contributed by atoms with Gasteiger partial charge in [-0.1, -0.05) is 12.1 Å². The number of rotatable bonds is 5. The van der Waals surface area contributed by atoms with E-state index < -0.39 is 0 Å². The Bertz CT molecular complexity index is 525. The van der Waals surface area contributed by atoms with Gasteiger partial charge in [0.15, 0.2) is 0 Å². The Balaban J connectivity index is 1.53. The quantitative estimate of drug-likeness (QED) is 0.878. The van der Waals surface area contributed by atoms with Crippen LogP contribution in [-0.2, 0) is 11.2 Å². The summed E-state index contributed by atoms with van der Waals surface area (Å²) in [5.41, 5.74) is 2.26. The zero-order valence-electron chi connectivity index (χ0n) is 14.2. The molecule has 0 aromatic heterocycles. The van der Waals surface area contributed by atoms with Crippen molar-refractivity contribution in [2.45, 2.75) is 45.1 Å². The van der Waals surface area contributed by atoms with Crippen molar-refractivity contribution in [1.82, 2.24) is 10.2 Å². The van der Waals surface area contributed by atoms with E-state index in [0.29, 0.717) is 6.04 Å². The molecule has 0 unspecified atom stereocenters. The number of hydrogen-bond donors (Lipinski definition) is 2. The van der Waals surface area contributed by atoms with Gasteiger partial charge in [0, 0.05) is 24.2 Å². The molecular weight excluding hydrogens is 286 g/mol. The van der Waals surface area contributed by atoms with Gasteiger partial charge in [0.05, 0.1) is 0 Å². The van der Waals surface area contributed by atoms with Crippen molar-refractivity contribution < 1.29 is 4.79 Å². The molecule has 3 rings (SSSR count). The molecule has 2 heterocycles. The average molecular weight is 315 g/mol. The summed E-state index contributed by atoms with van der Waals surface area (Å²) in [4.78, 5) is 15.0. The summed E-state index contributed by atoms with van der Waals surface area (Å²) >= 11 is 0. The van der Waals surface area contributed by atoms with Gasteiger partial charge in [-0.25, -0.2) is 0 Å². The van der Waals surface area contributed by atoms with Crippen LogP contribution in [0.15, 0.2) is 24.3 Å². The maximum Gasteiger partial charge on any atom is 0.227 e. The maximum atomic E-state index is 12.4. The molecule has 23 heavy (non-hydrogen) atoms. The van der Waals surface area contributed by atoms with Crippen molar-refractivity contribution in [3.63, 3.8) is 0 Å². The predicted octanol–water partition coefficient (Wildman–Crippen LogP) is 2.65. The first kappa shape index (κ1) is 16.5. The summed E-state index contributed by atoms with van der Waals surface area (Å²) in [6, 6.07) is 8.80. The fourth-order valence-electron chi connectivity index (χ4n) is 3.71. The average Bonchev–Trinajstić information content (AvgIpc) is 3.07. The molecule has 2 N–H and O–H groups in total. The summed E-state index contributed by atoms with van der Waals surface area (Å²) in [6.45, 7) is 6.70. The summed E-state index contributed by atoms with van der Waals surface area (Å²) < 4.78 is 0. The van der Waals surface area contributed by atoms with Gasteiger partial charge in [0.2, 0.25) is 5.91 Å². The Kier molecular flexibility index (Phi) is 5.68. The van der Waals surface area contributed by atoms with Crippen LogP contribution in [0.1, 0.15) is 38.2 Å². The van der Waals surface area contributed by atoms with Crippen molar-refractivity contribution in [1.29, 1.82) is 0 Å². The normalized spacial score (nSPS) is 25.4. The standard InChI is InChI=1S/C19H29N3O/c1-15-13-17(7-9-20-15)19(23)21-18-6-4-5-16(14-18)8-12-22-10-2-3-11-22/h4-6,14-15,17,20H,2-3,7-13H2,1H3,(H,21,23)/t15-,17-/m0/s1. The largest absolute Gasteiger partial charge is 0.326 e. The number of amides is 1. The molecule has 1 aromatic carbocycles. The predicted molar refractivity (Wildman–Crippen MR) is 94.6 cm³/mol. The second-order valence-corrected chi connectivity index (χ2v) is 7.06. The molecule has 0 spiro atoms. The Labute approximate surface area is 139 Å². The zero-order valence-corrected chi connectivity index (χ0v) is 14.2. The SMILES string of the molecule is C[C@H]1C[C@@H](C(=O)Nc2cccc(CCN3CCCC3)c2)CCN1. The number of likely N-dealkylation sites (tertiary alicyclic amines) is 1. The molecule has 2 aliphatic heterocycles. The summed E-state index contributed by atoms with van der Waals surface area (Å²) in [5, 5.41) is 6.52. The first-order valence-corrected chi connectivity index (χ1v) is 9.06. The van der Waals surface area contributed by atoms with Crippen molar-refractivity contribution in [3.8, 4) is 0 Å². The van der Waals surface area contributed by atoms with Crippen LogP contribution >= 0.6 is 0 Å². The van der Waals surface area contributed by atoms with E-state index in [1.807, 2.05) is 6.07 Å². The lowest BCUT2D eigenvalue weighted by Crippen LogP contribution is -2.40. The molecule has 2 aliphatic rings. The number of nitrogens with zero attached hydrogens (tertiary/aromatic N) is 1. The molecule has 4 nitrogen and oxygen atoms in total. The summed E-state index contributed by atoms with van der Waals surface area (Å²) in [7, 11) is 0. The van der Waals surface area contributed by atoms with Gasteiger partial charge in [0.1, 0.15) is 0 Å². The van der Waals surface area contributed by atoms with Gasteiger partial charge in [-0.05, 0) is 76.4 Å². The number of piperidine rings is 1. The van der Waals surface area contributed by atoms with Crippen molar-refractivity contribution in [2.24, 2.45) is 5.92 Å². The summed E-state index contributed by atoms with van der Waals surface area (Å²) in [5.74, 6) is 0.314. The number of anilines is 1. The van der Waals surface area contributed by atoms with Crippen molar-refractivity contribution in [2.75, 3.05) is 31.5 Å². The van der Waals surface area contributed by atoms with E-state index in [2.05, 4.69) is 40.7 Å². The Morgan fingerprint density at radius 2 is 2.17 bits per heavy atom. The van der Waals surface area contributed by atoms with Crippen LogP contribution in [0.3, 0.4) is 0 Å². The van der Waals surface area contributed by atoms with Crippen molar-refractivity contribution >= 4 is 11.6 Å². The number of nitrogens with one attached hydrogen (secondary N) is 2.